The van der Waals surface area contributed by atoms with E-state index in [4.69, 9.17) is 0 Å². The zero-order valence-corrected chi connectivity index (χ0v) is 15.7. The molecule has 0 atom stereocenters. The van der Waals surface area contributed by atoms with E-state index in [0.29, 0.717) is 17.6 Å². The number of aromatic nitrogens is 3. The van der Waals surface area contributed by atoms with Gasteiger partial charge in [0.25, 0.3) is 5.91 Å². The summed E-state index contributed by atoms with van der Waals surface area (Å²) in [6.07, 6.45) is -0.169. The second kappa shape index (κ2) is 8.00. The predicted molar refractivity (Wildman–Crippen MR) is 101 cm³/mol. The minimum absolute atomic E-state index is 0.0712. The van der Waals surface area contributed by atoms with Gasteiger partial charge < -0.3 is 5.32 Å². The highest BCUT2D eigenvalue weighted by Crippen LogP contribution is 2.37. The van der Waals surface area contributed by atoms with Crippen LogP contribution in [0.5, 0.6) is 0 Å². The van der Waals surface area contributed by atoms with Crippen LogP contribution in [-0.2, 0) is 13.2 Å². The summed E-state index contributed by atoms with van der Waals surface area (Å²) in [4.78, 5) is 17.1. The van der Waals surface area contributed by atoms with E-state index < -0.39 is 11.7 Å². The lowest BCUT2D eigenvalue weighted by Gasteiger charge is -2.14. The molecule has 5 nitrogen and oxygen atoms in total. The fourth-order valence-electron chi connectivity index (χ4n) is 3.07. The fourth-order valence-corrected chi connectivity index (χ4v) is 3.07. The summed E-state index contributed by atoms with van der Waals surface area (Å²) in [5.41, 5.74) is -0.158. The number of hydrogen-bond acceptors (Lipinski definition) is 3. The third-order valence-corrected chi connectivity index (χ3v) is 4.52. The Morgan fingerprint density at radius 2 is 1.96 bits per heavy atom. The molecule has 0 spiro atoms. The molecule has 0 aliphatic carbocycles. The molecule has 2 aromatic heterocycles. The van der Waals surface area contributed by atoms with E-state index in [2.05, 4.69) is 22.3 Å². The summed E-state index contributed by atoms with van der Waals surface area (Å²) in [7, 11) is 1.64. The summed E-state index contributed by atoms with van der Waals surface area (Å²) < 4.78 is 41.8. The second-order valence-electron chi connectivity index (χ2n) is 6.57. The smallest absolute Gasteiger partial charge is 0.352 e. The number of carbonyl (C=O) groups excluding carboxylic acids is 1. The van der Waals surface area contributed by atoms with Gasteiger partial charge in [-0.25, -0.2) is 4.98 Å². The standard InChI is InChI=1S/C20H21F3N4O/c1-3-4-7-10-24-19(28)14-11-17(26-18-15(14)12-25-27(18)2)13-8-5-6-9-16(13)20(21,22)23/h5-6,8-9,11-12H,3-4,7,10H2,1-2H3,(H,24,28). The number of alkyl halides is 3. The van der Waals surface area contributed by atoms with E-state index in [-0.39, 0.29) is 22.7 Å². The van der Waals surface area contributed by atoms with Crippen molar-refractivity contribution in [3.8, 4) is 11.3 Å². The first-order valence-corrected chi connectivity index (χ1v) is 9.10. The van der Waals surface area contributed by atoms with Crippen LogP contribution in [-0.4, -0.2) is 27.2 Å². The van der Waals surface area contributed by atoms with Gasteiger partial charge in [0.05, 0.1) is 28.4 Å². The SMILES string of the molecule is CCCCCNC(=O)c1cc(-c2ccccc2C(F)(F)F)nc2c1cnn2C. The van der Waals surface area contributed by atoms with Crippen molar-refractivity contribution in [2.75, 3.05) is 6.54 Å². The van der Waals surface area contributed by atoms with Crippen molar-refractivity contribution >= 4 is 16.9 Å². The van der Waals surface area contributed by atoms with Crippen LogP contribution in [0.15, 0.2) is 36.5 Å². The van der Waals surface area contributed by atoms with Gasteiger partial charge in [-0.1, -0.05) is 38.0 Å². The van der Waals surface area contributed by atoms with E-state index in [0.717, 1.165) is 25.3 Å². The number of aryl methyl sites for hydroxylation is 1. The Labute approximate surface area is 160 Å². The lowest BCUT2D eigenvalue weighted by molar-refractivity contribution is -0.137. The molecule has 1 N–H and O–H groups in total. The Morgan fingerprint density at radius 1 is 1.21 bits per heavy atom. The lowest BCUT2D eigenvalue weighted by atomic mass is 10.0. The maximum Gasteiger partial charge on any atom is 0.417 e. The van der Waals surface area contributed by atoms with Crippen LogP contribution in [0.2, 0.25) is 0 Å². The molecular weight excluding hydrogens is 369 g/mol. The summed E-state index contributed by atoms with van der Waals surface area (Å²) in [5.74, 6) is -0.345. The fraction of sp³-hybridized carbons (Fsp3) is 0.350. The summed E-state index contributed by atoms with van der Waals surface area (Å²) in [5, 5.41) is 7.44. The van der Waals surface area contributed by atoms with Gasteiger partial charge in [0.1, 0.15) is 0 Å². The first kappa shape index (κ1) is 19.9. The number of amides is 1. The van der Waals surface area contributed by atoms with Crippen LogP contribution in [0.3, 0.4) is 0 Å². The van der Waals surface area contributed by atoms with Crippen molar-refractivity contribution in [3.05, 3.63) is 47.7 Å². The zero-order chi connectivity index (χ0) is 20.3. The largest absolute Gasteiger partial charge is 0.417 e. The number of benzene rings is 1. The Morgan fingerprint density at radius 3 is 2.68 bits per heavy atom. The van der Waals surface area contributed by atoms with Gasteiger partial charge in [-0.2, -0.15) is 18.3 Å². The minimum Gasteiger partial charge on any atom is -0.352 e. The molecule has 0 radical (unpaired) electrons. The Kier molecular flexibility index (Phi) is 5.67. The van der Waals surface area contributed by atoms with Crippen molar-refractivity contribution in [2.45, 2.75) is 32.4 Å². The predicted octanol–water partition coefficient (Wildman–Crippen LogP) is 4.57. The van der Waals surface area contributed by atoms with Crippen LogP contribution >= 0.6 is 0 Å². The molecule has 0 bridgehead atoms. The first-order valence-electron chi connectivity index (χ1n) is 9.10. The normalized spacial score (nSPS) is 11.8. The highest BCUT2D eigenvalue weighted by atomic mass is 19.4. The Balaban J connectivity index is 2.09. The maximum atomic E-state index is 13.4. The van der Waals surface area contributed by atoms with Gasteiger partial charge in [-0.05, 0) is 18.6 Å². The molecule has 0 fully saturated rings. The molecule has 3 rings (SSSR count). The lowest BCUT2D eigenvalue weighted by Crippen LogP contribution is -2.24. The number of halogens is 3. The van der Waals surface area contributed by atoms with Gasteiger partial charge in [0.15, 0.2) is 5.65 Å². The van der Waals surface area contributed by atoms with Gasteiger partial charge in [0.2, 0.25) is 0 Å². The number of nitrogens with zero attached hydrogens (tertiary/aromatic N) is 3. The van der Waals surface area contributed by atoms with Crippen LogP contribution < -0.4 is 5.32 Å². The molecule has 0 aliphatic rings. The molecule has 148 valence electrons. The highest BCUT2D eigenvalue weighted by Gasteiger charge is 2.34. The molecule has 2 heterocycles. The van der Waals surface area contributed by atoms with Crippen molar-refractivity contribution in [2.24, 2.45) is 7.05 Å². The van der Waals surface area contributed by atoms with E-state index in [9.17, 15) is 18.0 Å². The van der Waals surface area contributed by atoms with Crippen LogP contribution in [0.1, 0.15) is 42.1 Å². The number of pyridine rings is 1. The molecule has 28 heavy (non-hydrogen) atoms. The first-order chi connectivity index (χ1) is 13.3. The average molecular weight is 390 g/mol. The number of rotatable bonds is 6. The van der Waals surface area contributed by atoms with Crippen molar-refractivity contribution < 1.29 is 18.0 Å². The topological polar surface area (TPSA) is 59.8 Å². The van der Waals surface area contributed by atoms with Gasteiger partial charge in [-0.15, -0.1) is 0 Å². The number of fused-ring (bicyclic) bond motifs is 1. The number of carbonyl (C=O) groups is 1. The zero-order valence-electron chi connectivity index (χ0n) is 15.7. The molecule has 0 unspecified atom stereocenters. The maximum absolute atomic E-state index is 13.4. The van der Waals surface area contributed by atoms with Gasteiger partial charge in [0, 0.05) is 19.2 Å². The van der Waals surface area contributed by atoms with Crippen LogP contribution in [0, 0.1) is 0 Å². The summed E-state index contributed by atoms with van der Waals surface area (Å²) in [6, 6.07) is 6.62. The number of unbranched alkanes of at least 4 members (excludes halogenated alkanes) is 2. The Bertz CT molecular complexity index is 995. The third-order valence-electron chi connectivity index (χ3n) is 4.52. The summed E-state index contributed by atoms with van der Waals surface area (Å²) >= 11 is 0. The second-order valence-corrected chi connectivity index (χ2v) is 6.57. The monoisotopic (exact) mass is 390 g/mol. The Hall–Kier alpha value is -2.90. The number of hydrogen-bond donors (Lipinski definition) is 1. The average Bonchev–Trinajstić information content (AvgIpc) is 3.04. The van der Waals surface area contributed by atoms with Gasteiger partial charge >= 0.3 is 6.18 Å². The molecule has 1 aromatic carbocycles. The molecule has 0 saturated heterocycles. The van der Waals surface area contributed by atoms with Crippen LogP contribution in [0.4, 0.5) is 13.2 Å². The molecule has 3 aromatic rings. The summed E-state index contributed by atoms with van der Waals surface area (Å²) in [6.45, 7) is 2.57. The van der Waals surface area contributed by atoms with E-state index in [1.54, 1.807) is 7.05 Å². The quantitative estimate of drug-likeness (QED) is 0.627. The molecule has 8 heteroatoms. The van der Waals surface area contributed by atoms with Gasteiger partial charge in [-0.3, -0.25) is 9.48 Å². The number of nitrogens with one attached hydrogen (secondary N) is 1. The highest BCUT2D eigenvalue weighted by molar-refractivity contribution is 6.06. The van der Waals surface area contributed by atoms with E-state index in [1.165, 1.54) is 35.1 Å². The molecular formula is C20H21F3N4O. The molecule has 0 aliphatic heterocycles. The van der Waals surface area contributed by atoms with Crippen molar-refractivity contribution in [3.63, 3.8) is 0 Å². The molecule has 1 amide bonds. The third kappa shape index (κ3) is 4.00. The molecule has 0 saturated carbocycles. The van der Waals surface area contributed by atoms with E-state index >= 15 is 0 Å². The minimum atomic E-state index is -4.53. The van der Waals surface area contributed by atoms with E-state index in [1.807, 2.05) is 0 Å². The van der Waals surface area contributed by atoms with Crippen LogP contribution in [0.25, 0.3) is 22.3 Å². The van der Waals surface area contributed by atoms with Crippen molar-refractivity contribution in [1.29, 1.82) is 0 Å². The van der Waals surface area contributed by atoms with Crippen molar-refractivity contribution in [1.82, 2.24) is 20.1 Å².